The second kappa shape index (κ2) is 4.92. The molecule has 9 heteroatoms. The fraction of sp³-hybridized carbons (Fsp3) is 0.250. The van der Waals surface area contributed by atoms with Crippen molar-refractivity contribution >= 4 is 21.7 Å². The first-order valence-electron chi connectivity index (χ1n) is 6.41. The summed E-state index contributed by atoms with van der Waals surface area (Å²) >= 11 is 3.41. The molecule has 0 N–H and O–H groups in total. The summed E-state index contributed by atoms with van der Waals surface area (Å²) in [6, 6.07) is 0.369. The van der Waals surface area contributed by atoms with Crippen molar-refractivity contribution in [1.82, 2.24) is 34.5 Å². The van der Waals surface area contributed by atoms with Crippen LogP contribution in [0.3, 0.4) is 0 Å². The molecule has 1 fully saturated rings. The molecule has 0 amide bonds. The van der Waals surface area contributed by atoms with E-state index in [1.807, 2.05) is 10.9 Å². The average molecular weight is 347 g/mol. The third-order valence-electron chi connectivity index (χ3n) is 3.39. The second-order valence-corrected chi connectivity index (χ2v) is 5.69. The lowest BCUT2D eigenvalue weighted by molar-refractivity contribution is 0.365. The van der Waals surface area contributed by atoms with Crippen molar-refractivity contribution in [2.24, 2.45) is 0 Å². The molecule has 1 aliphatic heterocycles. The minimum atomic E-state index is 0.369. The summed E-state index contributed by atoms with van der Waals surface area (Å²) in [5.74, 6) is 1.50. The fourth-order valence-corrected chi connectivity index (χ4v) is 2.56. The zero-order valence-corrected chi connectivity index (χ0v) is 12.5. The van der Waals surface area contributed by atoms with Crippen LogP contribution in [0, 0.1) is 0 Å². The van der Waals surface area contributed by atoms with Gasteiger partial charge in [0.1, 0.15) is 18.5 Å². The highest BCUT2D eigenvalue weighted by atomic mass is 79.9. The summed E-state index contributed by atoms with van der Waals surface area (Å²) in [4.78, 5) is 14.9. The van der Waals surface area contributed by atoms with Crippen LogP contribution in [0.4, 0.5) is 5.82 Å². The molecule has 4 rings (SSSR count). The van der Waals surface area contributed by atoms with E-state index in [0.29, 0.717) is 11.9 Å². The lowest BCUT2D eigenvalue weighted by atomic mass is 10.1. The maximum Gasteiger partial charge on any atom is 0.175 e. The van der Waals surface area contributed by atoms with Gasteiger partial charge in [-0.2, -0.15) is 10.2 Å². The van der Waals surface area contributed by atoms with Gasteiger partial charge in [-0.05, 0) is 15.9 Å². The van der Waals surface area contributed by atoms with Crippen molar-refractivity contribution in [3.63, 3.8) is 0 Å². The van der Waals surface area contributed by atoms with Gasteiger partial charge >= 0.3 is 0 Å². The van der Waals surface area contributed by atoms with E-state index in [1.54, 1.807) is 29.6 Å². The molecule has 1 saturated heterocycles. The van der Waals surface area contributed by atoms with Crippen LogP contribution < -0.4 is 4.90 Å². The molecular formula is C12H11BrN8. The Balaban J connectivity index is 1.50. The maximum atomic E-state index is 4.56. The van der Waals surface area contributed by atoms with Crippen LogP contribution in [0.1, 0.15) is 6.04 Å². The van der Waals surface area contributed by atoms with E-state index in [4.69, 9.17) is 0 Å². The van der Waals surface area contributed by atoms with E-state index in [1.165, 1.54) is 6.33 Å². The van der Waals surface area contributed by atoms with Gasteiger partial charge in [0, 0.05) is 19.3 Å². The molecule has 0 aromatic carbocycles. The van der Waals surface area contributed by atoms with Gasteiger partial charge in [0.25, 0.3) is 0 Å². The molecule has 0 radical (unpaired) electrons. The molecule has 0 saturated carbocycles. The predicted octanol–water partition coefficient (Wildman–Crippen LogP) is 1.08. The molecule has 3 aromatic heterocycles. The van der Waals surface area contributed by atoms with Gasteiger partial charge in [-0.1, -0.05) is 0 Å². The van der Waals surface area contributed by atoms with Gasteiger partial charge in [-0.3, -0.25) is 9.67 Å². The zero-order chi connectivity index (χ0) is 14.2. The molecule has 0 spiro atoms. The van der Waals surface area contributed by atoms with Crippen molar-refractivity contribution in [1.29, 1.82) is 0 Å². The van der Waals surface area contributed by atoms with E-state index >= 15 is 0 Å². The smallest absolute Gasteiger partial charge is 0.175 e. The number of hydrogen-bond donors (Lipinski definition) is 0. The van der Waals surface area contributed by atoms with E-state index in [2.05, 4.69) is 46.0 Å². The molecule has 1 aliphatic rings. The molecule has 0 bridgehead atoms. The Labute approximate surface area is 128 Å². The molecule has 0 unspecified atom stereocenters. The van der Waals surface area contributed by atoms with E-state index < -0.39 is 0 Å². The van der Waals surface area contributed by atoms with Gasteiger partial charge < -0.3 is 4.90 Å². The number of anilines is 1. The fourth-order valence-electron chi connectivity index (χ4n) is 2.26. The van der Waals surface area contributed by atoms with Crippen molar-refractivity contribution < 1.29 is 0 Å². The van der Waals surface area contributed by atoms with Crippen molar-refractivity contribution in [3.8, 4) is 5.82 Å². The van der Waals surface area contributed by atoms with E-state index in [0.717, 1.165) is 23.4 Å². The lowest BCUT2D eigenvalue weighted by Crippen LogP contribution is -2.48. The van der Waals surface area contributed by atoms with Gasteiger partial charge in [-0.15, -0.1) is 0 Å². The molecule has 106 valence electrons. The Bertz CT molecular complexity index is 746. The maximum absolute atomic E-state index is 4.56. The van der Waals surface area contributed by atoms with Crippen LogP contribution >= 0.6 is 15.9 Å². The molecule has 4 heterocycles. The number of aromatic nitrogens is 7. The quantitative estimate of drug-likeness (QED) is 0.706. The normalized spacial score (nSPS) is 15.2. The topological polar surface area (TPSA) is 77.5 Å². The molecular weight excluding hydrogens is 336 g/mol. The van der Waals surface area contributed by atoms with E-state index in [9.17, 15) is 0 Å². The van der Waals surface area contributed by atoms with Crippen molar-refractivity contribution in [2.45, 2.75) is 6.04 Å². The van der Waals surface area contributed by atoms with Crippen LogP contribution in [0.15, 0.2) is 41.9 Å². The minimum absolute atomic E-state index is 0.369. The third-order valence-corrected chi connectivity index (χ3v) is 3.80. The number of halogens is 1. The van der Waals surface area contributed by atoms with Gasteiger partial charge in [0.15, 0.2) is 5.82 Å². The molecule has 21 heavy (non-hydrogen) atoms. The van der Waals surface area contributed by atoms with Crippen molar-refractivity contribution in [3.05, 3.63) is 41.9 Å². The monoisotopic (exact) mass is 346 g/mol. The summed E-state index contributed by atoms with van der Waals surface area (Å²) in [6.45, 7) is 1.73. The highest BCUT2D eigenvalue weighted by Gasteiger charge is 2.30. The molecule has 0 aliphatic carbocycles. The predicted molar refractivity (Wildman–Crippen MR) is 78.1 cm³/mol. The van der Waals surface area contributed by atoms with Crippen molar-refractivity contribution in [2.75, 3.05) is 18.0 Å². The van der Waals surface area contributed by atoms with Crippen LogP contribution in [0.2, 0.25) is 0 Å². The first-order chi connectivity index (χ1) is 10.3. The third kappa shape index (κ3) is 2.29. The highest BCUT2D eigenvalue weighted by molar-refractivity contribution is 9.10. The summed E-state index contributed by atoms with van der Waals surface area (Å²) in [5, 5.41) is 8.37. The lowest BCUT2D eigenvalue weighted by Gasteiger charge is -2.39. The van der Waals surface area contributed by atoms with Crippen LogP contribution in [0.5, 0.6) is 0 Å². The Hall–Kier alpha value is -2.29. The number of hydrogen-bond acceptors (Lipinski definition) is 6. The average Bonchev–Trinajstić information content (AvgIpc) is 3.09. The molecule has 3 aromatic rings. The summed E-state index contributed by atoms with van der Waals surface area (Å²) in [5.41, 5.74) is 0. The number of nitrogens with zero attached hydrogens (tertiary/aromatic N) is 8. The first kappa shape index (κ1) is 12.5. The van der Waals surface area contributed by atoms with Gasteiger partial charge in [0.2, 0.25) is 0 Å². The zero-order valence-electron chi connectivity index (χ0n) is 10.9. The van der Waals surface area contributed by atoms with Crippen LogP contribution in [-0.4, -0.2) is 47.6 Å². The molecule has 0 atom stereocenters. The summed E-state index contributed by atoms with van der Waals surface area (Å²) in [6.07, 6.45) is 10.3. The molecule has 8 nitrogen and oxygen atoms in total. The van der Waals surface area contributed by atoms with E-state index in [-0.39, 0.29) is 0 Å². The second-order valence-electron chi connectivity index (χ2n) is 4.77. The first-order valence-corrected chi connectivity index (χ1v) is 7.20. The summed E-state index contributed by atoms with van der Waals surface area (Å²) in [7, 11) is 0. The Morgan fingerprint density at radius 3 is 2.62 bits per heavy atom. The Kier molecular flexibility index (Phi) is 2.92. The highest BCUT2D eigenvalue weighted by Crippen LogP contribution is 2.26. The van der Waals surface area contributed by atoms with Crippen LogP contribution in [0.25, 0.3) is 5.82 Å². The van der Waals surface area contributed by atoms with Gasteiger partial charge in [0.05, 0.1) is 29.1 Å². The van der Waals surface area contributed by atoms with Crippen LogP contribution in [-0.2, 0) is 0 Å². The standard InChI is InChI=1S/C12H11BrN8/c13-9-1-16-20(4-9)10-5-19(6-10)11-2-14-3-12(18-11)21-8-15-7-17-21/h1-4,7-8,10H,5-6H2. The summed E-state index contributed by atoms with van der Waals surface area (Å²) < 4.78 is 4.56. The minimum Gasteiger partial charge on any atom is -0.351 e. The van der Waals surface area contributed by atoms with Gasteiger partial charge in [-0.25, -0.2) is 14.6 Å². The number of rotatable bonds is 3. The largest absolute Gasteiger partial charge is 0.351 e. The Morgan fingerprint density at radius 1 is 1.05 bits per heavy atom. The SMILES string of the molecule is Brc1cnn(C2CN(c3cncc(-n4cncn4)n3)C2)c1. The Morgan fingerprint density at radius 2 is 1.90 bits per heavy atom.